The van der Waals surface area contributed by atoms with Crippen molar-refractivity contribution in [1.82, 2.24) is 15.0 Å². The number of carbonyl (C=O) groups is 1. The van der Waals surface area contributed by atoms with E-state index < -0.39 is 0 Å². The van der Waals surface area contributed by atoms with Crippen molar-refractivity contribution < 1.29 is 4.79 Å². The molecule has 1 aromatic carbocycles. The number of thiazole rings is 1. The van der Waals surface area contributed by atoms with Gasteiger partial charge in [0.1, 0.15) is 5.69 Å². The van der Waals surface area contributed by atoms with Crippen LogP contribution in [0, 0.1) is 0 Å². The molecule has 6 nitrogen and oxygen atoms in total. The highest BCUT2D eigenvalue weighted by Gasteiger charge is 2.16. The Morgan fingerprint density at radius 2 is 2.04 bits per heavy atom. The molecule has 7 heteroatoms. The summed E-state index contributed by atoms with van der Waals surface area (Å²) in [4.78, 5) is 37.2. The molecule has 0 aliphatic heterocycles. The molecule has 0 bridgehead atoms. The first-order valence-electron chi connectivity index (χ1n) is 8.45. The van der Waals surface area contributed by atoms with Gasteiger partial charge in [-0.15, -0.1) is 11.3 Å². The molecule has 2 aromatic heterocycles. The molecule has 0 fully saturated rings. The molecule has 0 radical (unpaired) electrons. The second-order valence-electron chi connectivity index (χ2n) is 6.17. The van der Waals surface area contributed by atoms with E-state index in [0.29, 0.717) is 22.8 Å². The van der Waals surface area contributed by atoms with E-state index in [1.165, 1.54) is 17.7 Å². The van der Waals surface area contributed by atoms with E-state index in [9.17, 15) is 9.59 Å². The summed E-state index contributed by atoms with van der Waals surface area (Å²) in [6.45, 7) is 0. The quantitative estimate of drug-likeness (QED) is 0.754. The van der Waals surface area contributed by atoms with Gasteiger partial charge in [0.2, 0.25) is 5.91 Å². The van der Waals surface area contributed by atoms with Crippen LogP contribution in [-0.2, 0) is 24.1 Å². The standard InChI is InChI=1S/C18H18N4O2S/c23-16(22-18-21-13-7-3-4-8-15(13)25-18)10-9-14-17(24)20-12-6-2-1-5-11(12)19-14/h1-2,5-6H,3-4,7-10H2,(H,20,24)(H,21,22,23). The summed E-state index contributed by atoms with van der Waals surface area (Å²) >= 11 is 1.56. The van der Waals surface area contributed by atoms with Gasteiger partial charge in [0.25, 0.3) is 5.56 Å². The summed E-state index contributed by atoms with van der Waals surface area (Å²) in [5.74, 6) is -0.138. The van der Waals surface area contributed by atoms with E-state index in [0.717, 1.165) is 24.1 Å². The molecule has 2 N–H and O–H groups in total. The summed E-state index contributed by atoms with van der Waals surface area (Å²) in [5, 5.41) is 3.52. The minimum atomic E-state index is -0.240. The van der Waals surface area contributed by atoms with Crippen molar-refractivity contribution in [2.75, 3.05) is 5.32 Å². The minimum absolute atomic E-state index is 0.138. The molecule has 0 saturated heterocycles. The molecular formula is C18H18N4O2S. The predicted molar refractivity (Wildman–Crippen MR) is 98.1 cm³/mol. The topological polar surface area (TPSA) is 87.7 Å². The third kappa shape index (κ3) is 3.46. The summed E-state index contributed by atoms with van der Waals surface area (Å²) in [7, 11) is 0. The molecule has 3 aromatic rings. The van der Waals surface area contributed by atoms with Gasteiger partial charge in [-0.25, -0.2) is 9.97 Å². The number of fused-ring (bicyclic) bond motifs is 2. The molecule has 0 unspecified atom stereocenters. The summed E-state index contributed by atoms with van der Waals surface area (Å²) < 4.78 is 0. The van der Waals surface area contributed by atoms with Crippen LogP contribution < -0.4 is 10.9 Å². The number of anilines is 1. The second-order valence-corrected chi connectivity index (χ2v) is 7.26. The van der Waals surface area contributed by atoms with Crippen LogP contribution in [0.15, 0.2) is 29.1 Å². The van der Waals surface area contributed by atoms with E-state index in [-0.39, 0.29) is 17.9 Å². The van der Waals surface area contributed by atoms with Crippen LogP contribution in [0.4, 0.5) is 5.13 Å². The number of rotatable bonds is 4. The Labute approximate surface area is 148 Å². The Kier molecular flexibility index (Phi) is 4.31. The maximum absolute atomic E-state index is 12.2. The van der Waals surface area contributed by atoms with Gasteiger partial charge in [-0.1, -0.05) is 12.1 Å². The lowest BCUT2D eigenvalue weighted by Crippen LogP contribution is -2.19. The maximum atomic E-state index is 12.2. The van der Waals surface area contributed by atoms with E-state index in [1.54, 1.807) is 11.3 Å². The number of hydrogen-bond donors (Lipinski definition) is 2. The first-order chi connectivity index (χ1) is 12.2. The van der Waals surface area contributed by atoms with Crippen molar-refractivity contribution in [3.05, 3.63) is 50.9 Å². The van der Waals surface area contributed by atoms with Gasteiger partial charge in [-0.2, -0.15) is 0 Å². The summed E-state index contributed by atoms with van der Waals surface area (Å²) in [6.07, 6.45) is 4.92. The molecule has 2 heterocycles. The molecule has 4 rings (SSSR count). The van der Waals surface area contributed by atoms with Crippen LogP contribution in [0.2, 0.25) is 0 Å². The summed E-state index contributed by atoms with van der Waals surface area (Å²) in [6, 6.07) is 7.37. The van der Waals surface area contributed by atoms with Crippen LogP contribution in [-0.4, -0.2) is 20.9 Å². The zero-order valence-corrected chi connectivity index (χ0v) is 14.5. The van der Waals surface area contributed by atoms with Crippen LogP contribution >= 0.6 is 11.3 Å². The molecule has 128 valence electrons. The monoisotopic (exact) mass is 354 g/mol. The summed E-state index contributed by atoms with van der Waals surface area (Å²) in [5.41, 5.74) is 2.70. The van der Waals surface area contributed by atoms with Gasteiger partial charge in [0.05, 0.1) is 16.7 Å². The average molecular weight is 354 g/mol. The van der Waals surface area contributed by atoms with Crippen LogP contribution in [0.1, 0.15) is 35.5 Å². The van der Waals surface area contributed by atoms with Crippen molar-refractivity contribution in [2.24, 2.45) is 0 Å². The number of amides is 1. The Morgan fingerprint density at radius 1 is 1.20 bits per heavy atom. The highest BCUT2D eigenvalue weighted by atomic mass is 32.1. The number of nitrogens with zero attached hydrogens (tertiary/aromatic N) is 2. The number of benzene rings is 1. The van der Waals surface area contributed by atoms with Gasteiger partial charge < -0.3 is 10.3 Å². The zero-order chi connectivity index (χ0) is 17.2. The van der Waals surface area contributed by atoms with E-state index in [1.807, 2.05) is 24.3 Å². The fraction of sp³-hybridized carbons (Fsp3) is 0.333. The number of para-hydroxylation sites is 2. The number of carbonyl (C=O) groups excluding carboxylic acids is 1. The Hall–Kier alpha value is -2.54. The molecular weight excluding hydrogens is 336 g/mol. The van der Waals surface area contributed by atoms with Crippen molar-refractivity contribution in [2.45, 2.75) is 38.5 Å². The van der Waals surface area contributed by atoms with Crippen molar-refractivity contribution in [1.29, 1.82) is 0 Å². The Bertz CT molecular complexity index is 969. The lowest BCUT2D eigenvalue weighted by atomic mass is 10.0. The molecule has 0 spiro atoms. The average Bonchev–Trinajstić information content (AvgIpc) is 3.02. The SMILES string of the molecule is O=C(CCc1nc2ccccc2[nH]c1=O)Nc1nc2c(s1)CCCC2. The second kappa shape index (κ2) is 6.76. The van der Waals surface area contributed by atoms with Gasteiger partial charge in [0.15, 0.2) is 5.13 Å². The number of H-pyrrole nitrogens is 1. The van der Waals surface area contributed by atoms with Gasteiger partial charge in [0, 0.05) is 17.7 Å². The first-order valence-corrected chi connectivity index (χ1v) is 9.27. The molecule has 1 aliphatic rings. The smallest absolute Gasteiger partial charge is 0.270 e. The van der Waals surface area contributed by atoms with Gasteiger partial charge >= 0.3 is 0 Å². The van der Waals surface area contributed by atoms with Gasteiger partial charge in [-0.05, 0) is 37.8 Å². The van der Waals surface area contributed by atoms with E-state index in [2.05, 4.69) is 20.3 Å². The number of nitrogens with one attached hydrogen (secondary N) is 2. The highest BCUT2D eigenvalue weighted by molar-refractivity contribution is 7.15. The number of aryl methyl sites for hydroxylation is 3. The van der Waals surface area contributed by atoms with Gasteiger partial charge in [-0.3, -0.25) is 9.59 Å². The van der Waals surface area contributed by atoms with Crippen LogP contribution in [0.3, 0.4) is 0 Å². The third-order valence-corrected chi connectivity index (χ3v) is 5.42. The minimum Gasteiger partial charge on any atom is -0.319 e. The molecule has 0 saturated carbocycles. The molecule has 1 amide bonds. The normalized spacial score (nSPS) is 13.6. The Balaban J connectivity index is 1.42. The lowest BCUT2D eigenvalue weighted by molar-refractivity contribution is -0.116. The Morgan fingerprint density at radius 3 is 2.92 bits per heavy atom. The van der Waals surface area contributed by atoms with Crippen molar-refractivity contribution in [3.8, 4) is 0 Å². The van der Waals surface area contributed by atoms with E-state index in [4.69, 9.17) is 0 Å². The maximum Gasteiger partial charge on any atom is 0.270 e. The first kappa shape index (κ1) is 16.0. The number of aromatic nitrogens is 3. The molecule has 0 atom stereocenters. The zero-order valence-electron chi connectivity index (χ0n) is 13.7. The largest absolute Gasteiger partial charge is 0.319 e. The van der Waals surface area contributed by atoms with Crippen LogP contribution in [0.25, 0.3) is 11.0 Å². The number of hydrogen-bond acceptors (Lipinski definition) is 5. The van der Waals surface area contributed by atoms with Crippen molar-refractivity contribution in [3.63, 3.8) is 0 Å². The van der Waals surface area contributed by atoms with Crippen molar-refractivity contribution >= 4 is 33.4 Å². The fourth-order valence-electron chi connectivity index (χ4n) is 3.06. The van der Waals surface area contributed by atoms with E-state index >= 15 is 0 Å². The molecule has 25 heavy (non-hydrogen) atoms. The van der Waals surface area contributed by atoms with Crippen LogP contribution in [0.5, 0.6) is 0 Å². The lowest BCUT2D eigenvalue weighted by Gasteiger charge is -2.06. The number of aromatic amines is 1. The fourth-order valence-corrected chi connectivity index (χ4v) is 4.12. The predicted octanol–water partition coefficient (Wildman–Crippen LogP) is 2.83. The third-order valence-electron chi connectivity index (χ3n) is 4.35. The highest BCUT2D eigenvalue weighted by Crippen LogP contribution is 2.29. The molecule has 1 aliphatic carbocycles.